The van der Waals surface area contributed by atoms with Crippen molar-refractivity contribution in [2.45, 2.75) is 0 Å². The van der Waals surface area contributed by atoms with Crippen molar-refractivity contribution in [3.63, 3.8) is 0 Å². The summed E-state index contributed by atoms with van der Waals surface area (Å²) in [6.45, 7) is 0. The number of aromatic hydroxyl groups is 1. The van der Waals surface area contributed by atoms with Crippen LogP contribution in [-0.2, 0) is 0 Å². The Hall–Kier alpha value is -1.75. The van der Waals surface area contributed by atoms with E-state index >= 15 is 0 Å². The average molecular weight is 310 g/mol. The summed E-state index contributed by atoms with van der Waals surface area (Å²) in [5.41, 5.74) is 1.17. The van der Waals surface area contributed by atoms with Crippen LogP contribution >= 0.6 is 15.9 Å². The van der Waals surface area contributed by atoms with E-state index in [1.807, 2.05) is 0 Å². The third kappa shape index (κ3) is 2.13. The Kier molecular flexibility index (Phi) is 3.72. The predicted octanol–water partition coefficient (Wildman–Crippen LogP) is 3.23. The van der Waals surface area contributed by atoms with Crippen LogP contribution in [0.3, 0.4) is 0 Å². The minimum Gasteiger partial charge on any atom is -0.506 e. The van der Waals surface area contributed by atoms with Crippen molar-refractivity contribution in [1.29, 1.82) is 0 Å². The van der Waals surface area contributed by atoms with Gasteiger partial charge in [-0.2, -0.15) is 0 Å². The minimum absolute atomic E-state index is 0.105. The molecule has 1 aromatic carbocycles. The van der Waals surface area contributed by atoms with Crippen molar-refractivity contribution in [3.8, 4) is 28.5 Å². The van der Waals surface area contributed by atoms with Crippen LogP contribution in [0.4, 0.5) is 0 Å². The fourth-order valence-corrected chi connectivity index (χ4v) is 2.36. The van der Waals surface area contributed by atoms with Crippen molar-refractivity contribution in [2.75, 3.05) is 14.2 Å². The van der Waals surface area contributed by atoms with Crippen molar-refractivity contribution < 1.29 is 14.6 Å². The zero-order chi connectivity index (χ0) is 13.1. The number of hydrogen-bond acceptors (Lipinski definition) is 4. The number of aromatic nitrogens is 1. The number of ether oxygens (including phenoxy) is 2. The molecule has 0 aliphatic carbocycles. The molecule has 0 aliphatic heterocycles. The first kappa shape index (κ1) is 12.7. The molecular formula is C13H12BrNO3. The van der Waals surface area contributed by atoms with Crippen LogP contribution < -0.4 is 9.47 Å². The van der Waals surface area contributed by atoms with Gasteiger partial charge in [-0.25, -0.2) is 0 Å². The first-order chi connectivity index (χ1) is 8.69. The lowest BCUT2D eigenvalue weighted by Gasteiger charge is -2.13. The van der Waals surface area contributed by atoms with Gasteiger partial charge in [0.25, 0.3) is 0 Å². The van der Waals surface area contributed by atoms with Crippen LogP contribution in [-0.4, -0.2) is 24.3 Å². The normalized spacial score (nSPS) is 10.2. The zero-order valence-electron chi connectivity index (χ0n) is 9.98. The summed E-state index contributed by atoms with van der Waals surface area (Å²) < 4.78 is 11.2. The number of hydrogen-bond donors (Lipinski definition) is 1. The van der Waals surface area contributed by atoms with E-state index in [0.29, 0.717) is 27.2 Å². The largest absolute Gasteiger partial charge is 0.506 e. The summed E-state index contributed by atoms with van der Waals surface area (Å²) in [4.78, 5) is 4.16. The highest BCUT2D eigenvalue weighted by Gasteiger charge is 2.17. The highest BCUT2D eigenvalue weighted by molar-refractivity contribution is 9.10. The second-order valence-electron chi connectivity index (χ2n) is 3.53. The molecule has 4 nitrogen and oxygen atoms in total. The Balaban J connectivity index is 2.66. The molecule has 18 heavy (non-hydrogen) atoms. The van der Waals surface area contributed by atoms with E-state index in [1.165, 1.54) is 0 Å². The Morgan fingerprint density at radius 2 is 1.94 bits per heavy atom. The van der Waals surface area contributed by atoms with E-state index in [9.17, 15) is 5.11 Å². The lowest BCUT2D eigenvalue weighted by molar-refractivity contribution is 0.390. The first-order valence-electron chi connectivity index (χ1n) is 5.24. The smallest absolute Gasteiger partial charge is 0.146 e. The summed E-state index contributed by atoms with van der Waals surface area (Å²) >= 11 is 3.41. The van der Waals surface area contributed by atoms with Gasteiger partial charge in [0.2, 0.25) is 0 Å². The molecule has 2 rings (SSSR count). The Bertz CT molecular complexity index is 572. The summed E-state index contributed by atoms with van der Waals surface area (Å²) in [7, 11) is 3.14. The van der Waals surface area contributed by atoms with Gasteiger partial charge in [-0.3, -0.25) is 4.98 Å². The van der Waals surface area contributed by atoms with E-state index in [0.717, 1.165) is 0 Å². The number of pyridine rings is 1. The van der Waals surface area contributed by atoms with Gasteiger partial charge in [0, 0.05) is 11.8 Å². The minimum atomic E-state index is 0.105. The number of rotatable bonds is 3. The maximum atomic E-state index is 9.84. The van der Waals surface area contributed by atoms with E-state index in [-0.39, 0.29) is 5.75 Å². The lowest BCUT2D eigenvalue weighted by Crippen LogP contribution is -1.94. The standard InChI is InChI=1S/C13H12BrNO3/c1-17-10-6-5-8(13(18-2)11(10)14)12-9(16)4-3-7-15-12/h3-7,16H,1-2H3. The summed E-state index contributed by atoms with van der Waals surface area (Å²) in [6, 6.07) is 6.84. The SMILES string of the molecule is COc1ccc(-c2ncccc2O)c(OC)c1Br. The highest BCUT2D eigenvalue weighted by atomic mass is 79.9. The van der Waals surface area contributed by atoms with Gasteiger partial charge in [-0.05, 0) is 40.2 Å². The van der Waals surface area contributed by atoms with E-state index in [4.69, 9.17) is 9.47 Å². The van der Waals surface area contributed by atoms with Crippen LogP contribution in [0.2, 0.25) is 0 Å². The molecule has 5 heteroatoms. The molecule has 0 fully saturated rings. The van der Waals surface area contributed by atoms with Crippen LogP contribution in [0.15, 0.2) is 34.9 Å². The van der Waals surface area contributed by atoms with Gasteiger partial charge in [0.15, 0.2) is 0 Å². The fourth-order valence-electron chi connectivity index (χ4n) is 1.69. The second-order valence-corrected chi connectivity index (χ2v) is 4.33. The van der Waals surface area contributed by atoms with Crippen molar-refractivity contribution in [1.82, 2.24) is 4.98 Å². The molecule has 0 atom stereocenters. The molecule has 0 unspecified atom stereocenters. The summed E-state index contributed by atoms with van der Waals surface area (Å²) in [6.07, 6.45) is 1.62. The van der Waals surface area contributed by atoms with Crippen molar-refractivity contribution >= 4 is 15.9 Å². The van der Waals surface area contributed by atoms with Gasteiger partial charge in [-0.1, -0.05) is 0 Å². The predicted molar refractivity (Wildman–Crippen MR) is 72.1 cm³/mol. The van der Waals surface area contributed by atoms with Gasteiger partial charge in [-0.15, -0.1) is 0 Å². The van der Waals surface area contributed by atoms with E-state index in [2.05, 4.69) is 20.9 Å². The number of nitrogens with zero attached hydrogens (tertiary/aromatic N) is 1. The molecular weight excluding hydrogens is 298 g/mol. The highest BCUT2D eigenvalue weighted by Crippen LogP contribution is 2.43. The molecule has 0 aliphatic rings. The average Bonchev–Trinajstić information content (AvgIpc) is 2.39. The van der Waals surface area contributed by atoms with Crippen LogP contribution in [0.25, 0.3) is 11.3 Å². The number of benzene rings is 1. The maximum absolute atomic E-state index is 9.84. The maximum Gasteiger partial charge on any atom is 0.146 e. The van der Waals surface area contributed by atoms with Crippen molar-refractivity contribution in [2.24, 2.45) is 0 Å². The third-order valence-electron chi connectivity index (χ3n) is 2.53. The van der Waals surface area contributed by atoms with Gasteiger partial charge in [0.05, 0.1) is 14.2 Å². The van der Waals surface area contributed by atoms with Crippen LogP contribution in [0, 0.1) is 0 Å². The molecule has 0 saturated carbocycles. The zero-order valence-corrected chi connectivity index (χ0v) is 11.6. The number of halogens is 1. The van der Waals surface area contributed by atoms with E-state index in [1.54, 1.807) is 44.7 Å². The van der Waals surface area contributed by atoms with E-state index < -0.39 is 0 Å². The molecule has 1 heterocycles. The molecule has 0 spiro atoms. The van der Waals surface area contributed by atoms with Crippen LogP contribution in [0.5, 0.6) is 17.2 Å². The van der Waals surface area contributed by atoms with Gasteiger partial charge < -0.3 is 14.6 Å². The van der Waals surface area contributed by atoms with Crippen molar-refractivity contribution in [3.05, 3.63) is 34.9 Å². The monoisotopic (exact) mass is 309 g/mol. The second kappa shape index (κ2) is 5.27. The first-order valence-corrected chi connectivity index (χ1v) is 6.03. The van der Waals surface area contributed by atoms with Crippen LogP contribution in [0.1, 0.15) is 0 Å². The molecule has 0 saturated heterocycles. The molecule has 1 N–H and O–H groups in total. The molecule has 2 aromatic rings. The van der Waals surface area contributed by atoms with Gasteiger partial charge in [0.1, 0.15) is 27.4 Å². The molecule has 94 valence electrons. The summed E-state index contributed by atoms with van der Waals surface area (Å²) in [5.74, 6) is 1.34. The Morgan fingerprint density at radius 3 is 2.56 bits per heavy atom. The lowest BCUT2D eigenvalue weighted by atomic mass is 10.1. The molecule has 0 radical (unpaired) electrons. The molecule has 0 bridgehead atoms. The van der Waals surface area contributed by atoms with Gasteiger partial charge >= 0.3 is 0 Å². The summed E-state index contributed by atoms with van der Waals surface area (Å²) in [5, 5.41) is 9.84. The Morgan fingerprint density at radius 1 is 1.17 bits per heavy atom. The molecule has 1 aromatic heterocycles. The Labute approximate surface area is 113 Å². The third-order valence-corrected chi connectivity index (χ3v) is 3.28. The number of methoxy groups -OCH3 is 2. The fraction of sp³-hybridized carbons (Fsp3) is 0.154. The quantitative estimate of drug-likeness (QED) is 0.945. The topological polar surface area (TPSA) is 51.6 Å². The molecule has 0 amide bonds.